The van der Waals surface area contributed by atoms with E-state index < -0.39 is 0 Å². The van der Waals surface area contributed by atoms with Gasteiger partial charge in [-0.05, 0) is 6.42 Å². The highest BCUT2D eigenvalue weighted by Crippen LogP contribution is 1.82. The van der Waals surface area contributed by atoms with Crippen LogP contribution < -0.4 is 0 Å². The first-order chi connectivity index (χ1) is 3.41. The van der Waals surface area contributed by atoms with E-state index in [9.17, 15) is 0 Å². The predicted octanol–water partition coefficient (Wildman–Crippen LogP) is 2.71. The topological polar surface area (TPSA) is 0 Å². The van der Waals surface area contributed by atoms with Gasteiger partial charge >= 0.3 is 0 Å². The SMILES string of the molecule is CC/C=C/C=C/Cl. The summed E-state index contributed by atoms with van der Waals surface area (Å²) in [6.07, 6.45) is 6.83. The highest BCUT2D eigenvalue weighted by Gasteiger charge is 1.58. The number of hydrogen-bond donors (Lipinski definition) is 0. The summed E-state index contributed by atoms with van der Waals surface area (Å²) in [5, 5.41) is 0. The van der Waals surface area contributed by atoms with Gasteiger partial charge in [-0.25, -0.2) is 0 Å². The second kappa shape index (κ2) is 5.77. The molecule has 0 heterocycles. The van der Waals surface area contributed by atoms with Crippen LogP contribution in [0.5, 0.6) is 0 Å². The Balaban J connectivity index is 3.09. The smallest absolute Gasteiger partial charge is 0.00423 e. The van der Waals surface area contributed by atoms with Gasteiger partial charge in [0.05, 0.1) is 0 Å². The zero-order chi connectivity index (χ0) is 5.54. The molecule has 0 amide bonds. The molecule has 0 nitrogen and oxygen atoms in total. The third-order valence-electron chi connectivity index (χ3n) is 0.556. The van der Waals surface area contributed by atoms with Crippen molar-refractivity contribution < 1.29 is 0 Å². The first-order valence-corrected chi connectivity index (χ1v) is 2.77. The van der Waals surface area contributed by atoms with Gasteiger partial charge in [-0.3, -0.25) is 0 Å². The second-order valence-electron chi connectivity index (χ2n) is 1.15. The average Bonchev–Trinajstić information content (AvgIpc) is 1.69. The molecule has 0 unspecified atom stereocenters. The Kier molecular flexibility index (Phi) is 5.58. The molecule has 0 aliphatic heterocycles. The average molecular weight is 117 g/mol. The van der Waals surface area contributed by atoms with E-state index in [1.165, 1.54) is 5.54 Å². The summed E-state index contributed by atoms with van der Waals surface area (Å²) >= 11 is 5.21. The number of hydrogen-bond acceptors (Lipinski definition) is 0. The quantitative estimate of drug-likeness (QED) is 0.487. The van der Waals surface area contributed by atoms with E-state index in [4.69, 9.17) is 11.6 Å². The first-order valence-electron chi connectivity index (χ1n) is 2.33. The van der Waals surface area contributed by atoms with Crippen molar-refractivity contribution in [3.8, 4) is 0 Å². The second-order valence-corrected chi connectivity index (χ2v) is 1.41. The van der Waals surface area contributed by atoms with Crippen LogP contribution in [0.25, 0.3) is 0 Å². The standard InChI is InChI=1S/C6H9Cl/c1-2-3-4-5-6-7/h3-6H,2H2,1H3/b4-3+,6-5+. The molecular weight excluding hydrogens is 108 g/mol. The molecule has 0 rings (SSSR count). The van der Waals surface area contributed by atoms with Crippen molar-refractivity contribution in [2.45, 2.75) is 13.3 Å². The van der Waals surface area contributed by atoms with Crippen molar-refractivity contribution in [3.63, 3.8) is 0 Å². The molecule has 0 N–H and O–H groups in total. The van der Waals surface area contributed by atoms with Crippen molar-refractivity contribution in [1.29, 1.82) is 0 Å². The van der Waals surface area contributed by atoms with E-state index in [0.29, 0.717) is 0 Å². The lowest BCUT2D eigenvalue weighted by molar-refractivity contribution is 1.22. The van der Waals surface area contributed by atoms with Gasteiger partial charge in [0.1, 0.15) is 0 Å². The van der Waals surface area contributed by atoms with Gasteiger partial charge in [0.25, 0.3) is 0 Å². The van der Waals surface area contributed by atoms with E-state index in [1.54, 1.807) is 6.08 Å². The number of allylic oxidation sites excluding steroid dienone is 3. The Morgan fingerprint density at radius 3 is 2.57 bits per heavy atom. The van der Waals surface area contributed by atoms with Crippen LogP contribution in [0, 0.1) is 0 Å². The predicted molar refractivity (Wildman–Crippen MR) is 34.4 cm³/mol. The van der Waals surface area contributed by atoms with Crippen LogP contribution in [0.4, 0.5) is 0 Å². The van der Waals surface area contributed by atoms with Crippen LogP contribution in [0.15, 0.2) is 23.8 Å². The molecule has 7 heavy (non-hydrogen) atoms. The van der Waals surface area contributed by atoms with Crippen molar-refractivity contribution in [3.05, 3.63) is 23.8 Å². The highest BCUT2D eigenvalue weighted by atomic mass is 35.5. The Labute approximate surface area is 49.5 Å². The molecule has 0 aliphatic rings. The van der Waals surface area contributed by atoms with E-state index in [1.807, 2.05) is 12.2 Å². The minimum absolute atomic E-state index is 1.07. The summed E-state index contributed by atoms with van der Waals surface area (Å²) in [5.41, 5.74) is 1.49. The molecule has 0 saturated carbocycles. The van der Waals surface area contributed by atoms with Crippen LogP contribution in [-0.2, 0) is 0 Å². The highest BCUT2D eigenvalue weighted by molar-refractivity contribution is 6.25. The van der Waals surface area contributed by atoms with Crippen LogP contribution >= 0.6 is 11.6 Å². The molecule has 0 atom stereocenters. The summed E-state index contributed by atoms with van der Waals surface area (Å²) in [4.78, 5) is 0. The fourth-order valence-corrected chi connectivity index (χ4v) is 0.341. The fourth-order valence-electron chi connectivity index (χ4n) is 0.257. The molecule has 0 spiro atoms. The Bertz CT molecular complexity index is 72.2. The van der Waals surface area contributed by atoms with Gasteiger partial charge in [0, 0.05) is 5.54 Å². The molecule has 1 heteroatoms. The van der Waals surface area contributed by atoms with Gasteiger partial charge in [-0.1, -0.05) is 36.8 Å². The molecule has 0 fully saturated rings. The minimum Gasteiger partial charge on any atom is -0.0930 e. The summed E-state index contributed by atoms with van der Waals surface area (Å²) in [5.74, 6) is 0. The van der Waals surface area contributed by atoms with Gasteiger partial charge in [-0.2, -0.15) is 0 Å². The third kappa shape index (κ3) is 5.77. The van der Waals surface area contributed by atoms with Gasteiger partial charge in [0.2, 0.25) is 0 Å². The Morgan fingerprint density at radius 2 is 2.14 bits per heavy atom. The van der Waals surface area contributed by atoms with Crippen LogP contribution in [0.2, 0.25) is 0 Å². The first kappa shape index (κ1) is 6.77. The maximum atomic E-state index is 5.21. The van der Waals surface area contributed by atoms with E-state index in [2.05, 4.69) is 6.92 Å². The minimum atomic E-state index is 1.07. The maximum absolute atomic E-state index is 5.21. The van der Waals surface area contributed by atoms with Crippen molar-refractivity contribution in [1.82, 2.24) is 0 Å². The Morgan fingerprint density at radius 1 is 1.43 bits per heavy atom. The summed E-state index contributed by atoms with van der Waals surface area (Å²) in [6.45, 7) is 2.08. The Hall–Kier alpha value is -0.230. The van der Waals surface area contributed by atoms with Crippen molar-refractivity contribution in [2.24, 2.45) is 0 Å². The zero-order valence-corrected chi connectivity index (χ0v) is 5.15. The molecule has 40 valence electrons. The molecule has 0 aromatic heterocycles. The fraction of sp³-hybridized carbons (Fsp3) is 0.333. The summed E-state index contributed by atoms with van der Waals surface area (Å²) < 4.78 is 0. The zero-order valence-electron chi connectivity index (χ0n) is 4.39. The van der Waals surface area contributed by atoms with Crippen molar-refractivity contribution >= 4 is 11.6 Å². The molecule has 0 saturated heterocycles. The monoisotopic (exact) mass is 116 g/mol. The van der Waals surface area contributed by atoms with Crippen molar-refractivity contribution in [2.75, 3.05) is 0 Å². The van der Waals surface area contributed by atoms with Gasteiger partial charge < -0.3 is 0 Å². The van der Waals surface area contributed by atoms with Crippen LogP contribution in [0.1, 0.15) is 13.3 Å². The lowest BCUT2D eigenvalue weighted by Crippen LogP contribution is -1.47. The third-order valence-corrected chi connectivity index (χ3v) is 0.701. The van der Waals surface area contributed by atoms with E-state index in [0.717, 1.165) is 6.42 Å². The summed E-state index contributed by atoms with van der Waals surface area (Å²) in [6, 6.07) is 0. The maximum Gasteiger partial charge on any atom is 0.00423 e. The lowest BCUT2D eigenvalue weighted by Gasteiger charge is -1.69. The molecule has 0 aromatic rings. The largest absolute Gasteiger partial charge is 0.0930 e. The molecule has 0 radical (unpaired) electrons. The van der Waals surface area contributed by atoms with E-state index >= 15 is 0 Å². The molecular formula is C6H9Cl. The number of rotatable bonds is 2. The van der Waals surface area contributed by atoms with Crippen LogP contribution in [0.3, 0.4) is 0 Å². The summed E-state index contributed by atoms with van der Waals surface area (Å²) in [7, 11) is 0. The lowest BCUT2D eigenvalue weighted by atomic mass is 10.4. The van der Waals surface area contributed by atoms with Crippen LogP contribution in [-0.4, -0.2) is 0 Å². The van der Waals surface area contributed by atoms with Gasteiger partial charge in [-0.15, -0.1) is 0 Å². The molecule has 0 aliphatic carbocycles. The normalized spacial score (nSPS) is 11.7. The molecule has 0 aromatic carbocycles. The van der Waals surface area contributed by atoms with Gasteiger partial charge in [0.15, 0.2) is 0 Å². The number of halogens is 1. The molecule has 0 bridgehead atoms. The van der Waals surface area contributed by atoms with E-state index in [-0.39, 0.29) is 0 Å².